The van der Waals surface area contributed by atoms with Crippen molar-refractivity contribution in [3.05, 3.63) is 24.3 Å². The number of carbonyl (C=O) groups is 2. The van der Waals surface area contributed by atoms with Crippen molar-refractivity contribution in [2.45, 2.75) is 26.0 Å². The fourth-order valence-electron chi connectivity index (χ4n) is 1.54. The number of carboxylic acids is 1. The minimum absolute atomic E-state index is 0.418. The number of aliphatic carboxylic acids is 1. The van der Waals surface area contributed by atoms with Crippen molar-refractivity contribution < 1.29 is 24.5 Å². The lowest BCUT2D eigenvalue weighted by atomic mass is 10.2. The van der Waals surface area contributed by atoms with Gasteiger partial charge in [-0.3, -0.25) is 0 Å². The molecule has 110 valence electrons. The number of carboxylic acid groups (broad SMARTS) is 1. The molecule has 0 aliphatic rings. The molecule has 0 heterocycles. The Morgan fingerprint density at radius 1 is 1.35 bits per heavy atom. The first-order valence-corrected chi connectivity index (χ1v) is 6.16. The third-order valence-corrected chi connectivity index (χ3v) is 2.47. The molecule has 0 saturated carbocycles. The molecule has 1 aromatic rings. The summed E-state index contributed by atoms with van der Waals surface area (Å²) in [6.07, 6.45) is -1.21. The summed E-state index contributed by atoms with van der Waals surface area (Å²) >= 11 is 0. The van der Waals surface area contributed by atoms with Crippen LogP contribution >= 0.6 is 0 Å². The third kappa shape index (κ3) is 4.43. The highest BCUT2D eigenvalue weighted by Gasteiger charge is 2.25. The van der Waals surface area contributed by atoms with E-state index in [2.05, 4.69) is 10.6 Å². The standard InChI is InChI=1S/C13H18N2O5/c1-3-20-10-7-5-4-6-9(10)14-13(19)15-11(8(2)16)12(17)18/h4-8,11,16H,3H2,1-2H3,(H,17,18)(H2,14,15,19)/t8-,11+/m1/s1. The van der Waals surface area contributed by atoms with Crippen LogP contribution in [-0.4, -0.2) is 41.0 Å². The average molecular weight is 282 g/mol. The van der Waals surface area contributed by atoms with Crippen LogP contribution in [0.3, 0.4) is 0 Å². The van der Waals surface area contributed by atoms with Crippen molar-refractivity contribution in [3.8, 4) is 5.75 Å². The highest BCUT2D eigenvalue weighted by atomic mass is 16.5. The topological polar surface area (TPSA) is 108 Å². The van der Waals surface area contributed by atoms with E-state index in [9.17, 15) is 14.7 Å². The van der Waals surface area contributed by atoms with Crippen molar-refractivity contribution in [2.75, 3.05) is 11.9 Å². The molecule has 0 saturated heterocycles. The quantitative estimate of drug-likeness (QED) is 0.623. The van der Waals surface area contributed by atoms with Crippen LogP contribution in [0.1, 0.15) is 13.8 Å². The second kappa shape index (κ2) is 7.34. The molecule has 0 aromatic heterocycles. The van der Waals surface area contributed by atoms with Crippen LogP contribution in [0.15, 0.2) is 24.3 Å². The van der Waals surface area contributed by atoms with Crippen LogP contribution in [-0.2, 0) is 4.79 Å². The fourth-order valence-corrected chi connectivity index (χ4v) is 1.54. The number of para-hydroxylation sites is 2. The van der Waals surface area contributed by atoms with Gasteiger partial charge in [-0.05, 0) is 26.0 Å². The largest absolute Gasteiger partial charge is 0.492 e. The number of amides is 2. The minimum Gasteiger partial charge on any atom is -0.492 e. The number of urea groups is 1. The maximum absolute atomic E-state index is 11.7. The molecule has 4 N–H and O–H groups in total. The van der Waals surface area contributed by atoms with Gasteiger partial charge < -0.3 is 25.6 Å². The van der Waals surface area contributed by atoms with E-state index < -0.39 is 24.1 Å². The number of nitrogens with one attached hydrogen (secondary N) is 2. The van der Waals surface area contributed by atoms with Crippen molar-refractivity contribution in [3.63, 3.8) is 0 Å². The van der Waals surface area contributed by atoms with Crippen molar-refractivity contribution in [1.29, 1.82) is 0 Å². The first kappa shape index (κ1) is 15.8. The molecule has 0 fully saturated rings. The molecular weight excluding hydrogens is 264 g/mol. The van der Waals surface area contributed by atoms with E-state index in [0.29, 0.717) is 18.0 Å². The fraction of sp³-hybridized carbons (Fsp3) is 0.385. The molecule has 2 amide bonds. The van der Waals surface area contributed by atoms with E-state index in [0.717, 1.165) is 0 Å². The van der Waals surface area contributed by atoms with E-state index in [1.54, 1.807) is 24.3 Å². The number of hydrogen-bond donors (Lipinski definition) is 4. The normalized spacial score (nSPS) is 13.2. The maximum atomic E-state index is 11.7. The summed E-state index contributed by atoms with van der Waals surface area (Å²) in [5, 5.41) is 22.8. The summed E-state index contributed by atoms with van der Waals surface area (Å²) in [6.45, 7) is 3.53. The van der Waals surface area contributed by atoms with Gasteiger partial charge in [-0.1, -0.05) is 12.1 Å². The predicted molar refractivity (Wildman–Crippen MR) is 72.9 cm³/mol. The second-order valence-electron chi connectivity index (χ2n) is 4.08. The van der Waals surface area contributed by atoms with Crippen LogP contribution in [0.2, 0.25) is 0 Å². The Balaban J connectivity index is 2.73. The van der Waals surface area contributed by atoms with Gasteiger partial charge in [0.15, 0.2) is 6.04 Å². The zero-order valence-electron chi connectivity index (χ0n) is 11.3. The Kier molecular flexibility index (Phi) is 5.79. The minimum atomic E-state index is -1.38. The SMILES string of the molecule is CCOc1ccccc1NC(=O)N[C@H](C(=O)O)[C@@H](C)O. The second-order valence-corrected chi connectivity index (χ2v) is 4.08. The van der Waals surface area contributed by atoms with Gasteiger partial charge in [0.2, 0.25) is 0 Å². The smallest absolute Gasteiger partial charge is 0.328 e. The van der Waals surface area contributed by atoms with Gasteiger partial charge >= 0.3 is 12.0 Å². The highest BCUT2D eigenvalue weighted by Crippen LogP contribution is 2.23. The first-order chi connectivity index (χ1) is 9.45. The molecule has 20 heavy (non-hydrogen) atoms. The van der Waals surface area contributed by atoms with Crippen LogP contribution in [0.4, 0.5) is 10.5 Å². The summed E-state index contributed by atoms with van der Waals surface area (Å²) in [6, 6.07) is 4.66. The molecule has 7 heteroatoms. The van der Waals surface area contributed by atoms with E-state index in [4.69, 9.17) is 9.84 Å². The molecule has 0 spiro atoms. The van der Waals surface area contributed by atoms with Gasteiger partial charge in [0.05, 0.1) is 18.4 Å². The third-order valence-electron chi connectivity index (χ3n) is 2.47. The Morgan fingerprint density at radius 2 is 2.00 bits per heavy atom. The van der Waals surface area contributed by atoms with Crippen molar-refractivity contribution in [1.82, 2.24) is 5.32 Å². The number of anilines is 1. The molecule has 0 unspecified atom stereocenters. The van der Waals surface area contributed by atoms with Gasteiger partial charge in [0.1, 0.15) is 5.75 Å². The molecule has 7 nitrogen and oxygen atoms in total. The van der Waals surface area contributed by atoms with Gasteiger partial charge in [-0.2, -0.15) is 0 Å². The Labute approximate surface area is 116 Å². The molecule has 0 aliphatic carbocycles. The van der Waals surface area contributed by atoms with Gasteiger partial charge in [0.25, 0.3) is 0 Å². The van der Waals surface area contributed by atoms with Gasteiger partial charge in [0, 0.05) is 0 Å². The van der Waals surface area contributed by atoms with Crippen LogP contribution < -0.4 is 15.4 Å². The van der Waals surface area contributed by atoms with E-state index in [-0.39, 0.29) is 0 Å². The van der Waals surface area contributed by atoms with Crippen molar-refractivity contribution in [2.24, 2.45) is 0 Å². The number of carbonyl (C=O) groups excluding carboxylic acids is 1. The number of aliphatic hydroxyl groups excluding tert-OH is 1. The Hall–Kier alpha value is -2.28. The van der Waals surface area contributed by atoms with Gasteiger partial charge in [-0.15, -0.1) is 0 Å². The maximum Gasteiger partial charge on any atom is 0.328 e. The number of hydrogen-bond acceptors (Lipinski definition) is 4. The molecule has 2 atom stereocenters. The summed E-state index contributed by atoms with van der Waals surface area (Å²) in [5.41, 5.74) is 0.418. The molecule has 1 aromatic carbocycles. The molecule has 0 bridgehead atoms. The first-order valence-electron chi connectivity index (χ1n) is 6.16. The summed E-state index contributed by atoms with van der Waals surface area (Å²) in [7, 11) is 0. The number of ether oxygens (including phenoxy) is 1. The summed E-state index contributed by atoms with van der Waals surface area (Å²) < 4.78 is 5.33. The molecule has 0 aliphatic heterocycles. The van der Waals surface area contributed by atoms with E-state index in [1.807, 2.05) is 6.92 Å². The van der Waals surface area contributed by atoms with E-state index in [1.165, 1.54) is 6.92 Å². The number of rotatable bonds is 6. The van der Waals surface area contributed by atoms with Gasteiger partial charge in [-0.25, -0.2) is 9.59 Å². The lowest BCUT2D eigenvalue weighted by Crippen LogP contribution is -2.49. The summed E-state index contributed by atoms with van der Waals surface area (Å²) in [4.78, 5) is 22.6. The average Bonchev–Trinajstić information content (AvgIpc) is 2.38. The van der Waals surface area contributed by atoms with E-state index >= 15 is 0 Å². The van der Waals surface area contributed by atoms with Crippen LogP contribution in [0.5, 0.6) is 5.75 Å². The van der Waals surface area contributed by atoms with Crippen molar-refractivity contribution >= 4 is 17.7 Å². The lowest BCUT2D eigenvalue weighted by molar-refractivity contribution is -0.141. The Morgan fingerprint density at radius 3 is 2.55 bits per heavy atom. The molecular formula is C13H18N2O5. The summed E-state index contributed by atoms with van der Waals surface area (Å²) in [5.74, 6) is -0.831. The molecule has 0 radical (unpaired) electrons. The highest BCUT2D eigenvalue weighted by molar-refractivity contribution is 5.93. The number of benzene rings is 1. The van der Waals surface area contributed by atoms with Crippen LogP contribution in [0, 0.1) is 0 Å². The predicted octanol–water partition coefficient (Wildman–Crippen LogP) is 1.04. The monoisotopic (exact) mass is 282 g/mol. The lowest BCUT2D eigenvalue weighted by Gasteiger charge is -2.18. The molecule has 1 rings (SSSR count). The zero-order chi connectivity index (χ0) is 15.1. The zero-order valence-corrected chi connectivity index (χ0v) is 11.3. The number of aliphatic hydroxyl groups is 1. The Bertz CT molecular complexity index is 476. The van der Waals surface area contributed by atoms with Crippen LogP contribution in [0.25, 0.3) is 0 Å².